The molecule has 3 heterocycles. The Morgan fingerprint density at radius 2 is 2.14 bits per heavy atom. The summed E-state index contributed by atoms with van der Waals surface area (Å²) >= 11 is 6.14. The first-order chi connectivity index (χ1) is 10.7. The predicted molar refractivity (Wildman–Crippen MR) is 84.9 cm³/mol. The average Bonchev–Trinajstić information content (AvgIpc) is 2.56. The summed E-state index contributed by atoms with van der Waals surface area (Å²) in [4.78, 5) is 15.1. The lowest BCUT2D eigenvalue weighted by Crippen LogP contribution is -2.37. The quantitative estimate of drug-likeness (QED) is 0.863. The second-order valence-corrected chi connectivity index (χ2v) is 5.55. The van der Waals surface area contributed by atoms with Crippen LogP contribution in [0.1, 0.15) is 17.4 Å². The Morgan fingerprint density at radius 3 is 2.86 bits per heavy atom. The second-order valence-electron chi connectivity index (χ2n) is 5.16. The van der Waals surface area contributed by atoms with E-state index in [0.717, 1.165) is 24.5 Å². The molecule has 2 aromatic heterocycles. The molecule has 1 saturated heterocycles. The van der Waals surface area contributed by atoms with Crippen molar-refractivity contribution in [1.29, 1.82) is 0 Å². The minimum Gasteiger partial charge on any atom is -0.378 e. The van der Waals surface area contributed by atoms with Gasteiger partial charge in [-0.1, -0.05) is 17.7 Å². The zero-order valence-corrected chi connectivity index (χ0v) is 12.9. The van der Waals surface area contributed by atoms with Crippen LogP contribution in [0, 0.1) is 0 Å². The third kappa shape index (κ3) is 3.71. The van der Waals surface area contributed by atoms with Crippen LogP contribution in [0.3, 0.4) is 0 Å². The summed E-state index contributed by atoms with van der Waals surface area (Å²) in [7, 11) is 0. The van der Waals surface area contributed by atoms with Crippen LogP contribution in [0.25, 0.3) is 0 Å². The molecule has 2 aromatic rings. The maximum atomic E-state index is 6.21. The summed E-state index contributed by atoms with van der Waals surface area (Å²) in [5.41, 5.74) is 7.17. The number of ether oxygens (including phenoxy) is 1. The minimum atomic E-state index is -0.204. The lowest BCUT2D eigenvalue weighted by molar-refractivity contribution is 0.122. The van der Waals surface area contributed by atoms with Crippen molar-refractivity contribution in [3.05, 3.63) is 47.1 Å². The van der Waals surface area contributed by atoms with E-state index in [1.165, 1.54) is 0 Å². The molecule has 0 aromatic carbocycles. The van der Waals surface area contributed by atoms with E-state index in [2.05, 4.69) is 19.9 Å². The number of aromatic nitrogens is 3. The predicted octanol–water partition coefficient (Wildman–Crippen LogP) is 1.60. The molecule has 3 rings (SSSR count). The fourth-order valence-electron chi connectivity index (χ4n) is 2.41. The van der Waals surface area contributed by atoms with Crippen molar-refractivity contribution >= 4 is 17.4 Å². The van der Waals surface area contributed by atoms with E-state index >= 15 is 0 Å². The Hall–Kier alpha value is -1.76. The molecule has 0 amide bonds. The van der Waals surface area contributed by atoms with Gasteiger partial charge in [0, 0.05) is 44.0 Å². The van der Waals surface area contributed by atoms with Crippen LogP contribution in [0.4, 0.5) is 5.82 Å². The van der Waals surface area contributed by atoms with E-state index < -0.39 is 0 Å². The number of pyridine rings is 1. The van der Waals surface area contributed by atoms with E-state index in [-0.39, 0.29) is 6.04 Å². The molecule has 116 valence electrons. The second kappa shape index (κ2) is 7.00. The molecule has 0 saturated carbocycles. The zero-order valence-electron chi connectivity index (χ0n) is 12.2. The van der Waals surface area contributed by atoms with Crippen LogP contribution < -0.4 is 10.6 Å². The maximum Gasteiger partial charge on any atom is 0.134 e. The van der Waals surface area contributed by atoms with Crippen LogP contribution in [-0.4, -0.2) is 41.3 Å². The summed E-state index contributed by atoms with van der Waals surface area (Å²) in [6, 6.07) is 5.40. The van der Waals surface area contributed by atoms with Crippen molar-refractivity contribution in [2.75, 3.05) is 31.2 Å². The zero-order chi connectivity index (χ0) is 15.4. The van der Waals surface area contributed by atoms with Gasteiger partial charge in [0.15, 0.2) is 0 Å². The summed E-state index contributed by atoms with van der Waals surface area (Å²) in [6.45, 7) is 3.02. The highest BCUT2D eigenvalue weighted by Gasteiger charge is 2.16. The molecule has 1 aliphatic rings. The number of morpholine rings is 1. The van der Waals surface area contributed by atoms with Crippen molar-refractivity contribution in [1.82, 2.24) is 15.0 Å². The molecule has 7 heteroatoms. The molecule has 1 unspecified atom stereocenters. The normalized spacial score (nSPS) is 16.5. The smallest absolute Gasteiger partial charge is 0.134 e. The summed E-state index contributed by atoms with van der Waals surface area (Å²) in [6.07, 6.45) is 4.00. The van der Waals surface area contributed by atoms with E-state index in [1.807, 2.05) is 12.1 Å². The number of halogens is 1. The Balaban J connectivity index is 1.77. The summed E-state index contributed by atoms with van der Waals surface area (Å²) in [5.74, 6) is 1.47. The van der Waals surface area contributed by atoms with Gasteiger partial charge in [-0.15, -0.1) is 0 Å². The lowest BCUT2D eigenvalue weighted by Gasteiger charge is -2.28. The van der Waals surface area contributed by atoms with Crippen molar-refractivity contribution < 1.29 is 4.74 Å². The lowest BCUT2D eigenvalue weighted by atomic mass is 10.1. The maximum absolute atomic E-state index is 6.21. The van der Waals surface area contributed by atoms with Crippen LogP contribution in [0.5, 0.6) is 0 Å². The monoisotopic (exact) mass is 319 g/mol. The number of nitrogens with two attached hydrogens (primary N) is 1. The standard InChI is InChI=1S/C15H18ClN5O/c16-13-9-15(21-4-6-22-7-5-21)20-14(19-13)8-12(17)11-2-1-3-18-10-11/h1-3,9-10,12H,4-8,17H2. The molecule has 0 aliphatic carbocycles. The Kier molecular flexibility index (Phi) is 4.82. The van der Waals surface area contributed by atoms with Crippen molar-refractivity contribution in [2.45, 2.75) is 12.5 Å². The molecule has 0 radical (unpaired) electrons. The van der Waals surface area contributed by atoms with Crippen LogP contribution >= 0.6 is 11.6 Å². The Morgan fingerprint density at radius 1 is 1.32 bits per heavy atom. The van der Waals surface area contributed by atoms with E-state index in [9.17, 15) is 0 Å². The van der Waals surface area contributed by atoms with Crippen molar-refractivity contribution in [3.8, 4) is 0 Å². The molecule has 6 nitrogen and oxygen atoms in total. The molecule has 22 heavy (non-hydrogen) atoms. The number of hydrogen-bond donors (Lipinski definition) is 1. The first kappa shape index (κ1) is 15.1. The molecule has 0 spiro atoms. The molecule has 2 N–H and O–H groups in total. The first-order valence-corrected chi connectivity index (χ1v) is 7.62. The average molecular weight is 320 g/mol. The highest BCUT2D eigenvalue weighted by molar-refractivity contribution is 6.29. The number of anilines is 1. The Labute approximate surface area is 134 Å². The van der Waals surface area contributed by atoms with Gasteiger partial charge in [-0.25, -0.2) is 9.97 Å². The summed E-state index contributed by atoms with van der Waals surface area (Å²) in [5, 5.41) is 0.435. The number of nitrogens with zero attached hydrogens (tertiary/aromatic N) is 4. The fourth-order valence-corrected chi connectivity index (χ4v) is 2.60. The molecule has 1 atom stereocenters. The molecule has 1 aliphatic heterocycles. The first-order valence-electron chi connectivity index (χ1n) is 7.24. The van der Waals surface area contributed by atoms with Crippen LogP contribution in [-0.2, 0) is 11.2 Å². The van der Waals surface area contributed by atoms with Gasteiger partial charge >= 0.3 is 0 Å². The minimum absolute atomic E-state index is 0.204. The van der Waals surface area contributed by atoms with Crippen molar-refractivity contribution in [3.63, 3.8) is 0 Å². The van der Waals surface area contributed by atoms with E-state index in [0.29, 0.717) is 30.6 Å². The van der Waals surface area contributed by atoms with Crippen LogP contribution in [0.15, 0.2) is 30.6 Å². The highest BCUT2D eigenvalue weighted by Crippen LogP contribution is 2.20. The van der Waals surface area contributed by atoms with Gasteiger partial charge in [-0.3, -0.25) is 4.98 Å². The van der Waals surface area contributed by atoms with E-state index in [1.54, 1.807) is 18.5 Å². The largest absolute Gasteiger partial charge is 0.378 e. The van der Waals surface area contributed by atoms with Crippen LogP contribution in [0.2, 0.25) is 5.15 Å². The van der Waals surface area contributed by atoms with Crippen molar-refractivity contribution in [2.24, 2.45) is 5.73 Å². The topological polar surface area (TPSA) is 77.2 Å². The third-order valence-electron chi connectivity index (χ3n) is 3.58. The summed E-state index contributed by atoms with van der Waals surface area (Å²) < 4.78 is 5.36. The van der Waals surface area contributed by atoms with Gasteiger partial charge in [0.1, 0.15) is 16.8 Å². The van der Waals surface area contributed by atoms with Gasteiger partial charge in [-0.05, 0) is 11.6 Å². The van der Waals surface area contributed by atoms with E-state index in [4.69, 9.17) is 22.1 Å². The van der Waals surface area contributed by atoms with Gasteiger partial charge in [0.25, 0.3) is 0 Å². The SMILES string of the molecule is NC(Cc1nc(Cl)cc(N2CCOCC2)n1)c1cccnc1. The number of hydrogen-bond acceptors (Lipinski definition) is 6. The number of rotatable bonds is 4. The highest BCUT2D eigenvalue weighted by atomic mass is 35.5. The van der Waals surface area contributed by atoms with Gasteiger partial charge < -0.3 is 15.4 Å². The van der Waals surface area contributed by atoms with Gasteiger partial charge in [0.05, 0.1) is 13.2 Å². The van der Waals surface area contributed by atoms with Gasteiger partial charge in [0.2, 0.25) is 0 Å². The molecular weight excluding hydrogens is 302 g/mol. The molecular formula is C15H18ClN5O. The fraction of sp³-hybridized carbons (Fsp3) is 0.400. The third-order valence-corrected chi connectivity index (χ3v) is 3.77. The van der Waals surface area contributed by atoms with Gasteiger partial charge in [-0.2, -0.15) is 0 Å². The Bertz CT molecular complexity index is 619. The molecule has 1 fully saturated rings. The molecule has 0 bridgehead atoms.